The zero-order chi connectivity index (χ0) is 17.9. The SMILES string of the molecule is CC(Sc1nnc(-c2cccc(Br)c2)o1)C(=O)N(C(C)C)C(C)C. The van der Waals surface area contributed by atoms with Gasteiger partial charge < -0.3 is 9.32 Å². The predicted molar refractivity (Wildman–Crippen MR) is 99.9 cm³/mol. The number of aromatic nitrogens is 2. The van der Waals surface area contributed by atoms with Crippen LogP contribution in [0.25, 0.3) is 11.5 Å². The van der Waals surface area contributed by atoms with E-state index < -0.39 is 0 Å². The molecule has 1 aromatic carbocycles. The van der Waals surface area contributed by atoms with Crippen molar-refractivity contribution < 1.29 is 9.21 Å². The van der Waals surface area contributed by atoms with Crippen molar-refractivity contribution in [2.24, 2.45) is 0 Å². The summed E-state index contributed by atoms with van der Waals surface area (Å²) in [7, 11) is 0. The molecule has 0 N–H and O–H groups in total. The molecule has 0 saturated carbocycles. The number of carbonyl (C=O) groups excluding carboxylic acids is 1. The molecule has 130 valence electrons. The first-order valence-electron chi connectivity index (χ1n) is 7.88. The Bertz CT molecular complexity index is 695. The quantitative estimate of drug-likeness (QED) is 0.648. The van der Waals surface area contributed by atoms with Crippen molar-refractivity contribution in [3.8, 4) is 11.5 Å². The molecule has 1 atom stereocenters. The Balaban J connectivity index is 2.10. The zero-order valence-electron chi connectivity index (χ0n) is 14.5. The lowest BCUT2D eigenvalue weighted by atomic mass is 10.2. The minimum Gasteiger partial charge on any atom is -0.411 e. The Morgan fingerprint density at radius 3 is 2.42 bits per heavy atom. The van der Waals surface area contributed by atoms with Crippen LogP contribution in [0.4, 0.5) is 0 Å². The molecule has 1 aromatic heterocycles. The normalized spacial score (nSPS) is 12.7. The summed E-state index contributed by atoms with van der Waals surface area (Å²) in [5.41, 5.74) is 0.841. The Kier molecular flexibility index (Phi) is 6.46. The Labute approximate surface area is 155 Å². The van der Waals surface area contributed by atoms with Gasteiger partial charge in [-0.1, -0.05) is 33.8 Å². The van der Waals surface area contributed by atoms with Gasteiger partial charge in [-0.2, -0.15) is 0 Å². The zero-order valence-corrected chi connectivity index (χ0v) is 16.9. The predicted octanol–water partition coefficient (Wildman–Crippen LogP) is 4.63. The van der Waals surface area contributed by atoms with Gasteiger partial charge in [-0.15, -0.1) is 10.2 Å². The van der Waals surface area contributed by atoms with Crippen LogP contribution in [-0.2, 0) is 4.79 Å². The van der Waals surface area contributed by atoms with Crippen LogP contribution in [0.3, 0.4) is 0 Å². The molecule has 0 bridgehead atoms. The van der Waals surface area contributed by atoms with Crippen LogP contribution in [0.15, 0.2) is 38.4 Å². The van der Waals surface area contributed by atoms with E-state index >= 15 is 0 Å². The van der Waals surface area contributed by atoms with Gasteiger partial charge in [0.1, 0.15) is 0 Å². The minimum atomic E-state index is -0.286. The van der Waals surface area contributed by atoms with Crippen molar-refractivity contribution in [2.45, 2.75) is 57.2 Å². The molecule has 0 spiro atoms. The molecule has 0 fully saturated rings. The van der Waals surface area contributed by atoms with E-state index in [2.05, 4.69) is 26.1 Å². The van der Waals surface area contributed by atoms with Gasteiger partial charge in [-0.05, 0) is 52.8 Å². The summed E-state index contributed by atoms with van der Waals surface area (Å²) in [4.78, 5) is 14.5. The van der Waals surface area contributed by atoms with E-state index in [4.69, 9.17) is 4.42 Å². The summed E-state index contributed by atoms with van der Waals surface area (Å²) in [6.45, 7) is 9.95. The third-order valence-electron chi connectivity index (χ3n) is 3.47. The highest BCUT2D eigenvalue weighted by Crippen LogP contribution is 2.28. The van der Waals surface area contributed by atoms with E-state index in [0.29, 0.717) is 11.1 Å². The number of hydrogen-bond acceptors (Lipinski definition) is 5. The maximum atomic E-state index is 12.7. The number of hydrogen-bond donors (Lipinski definition) is 0. The Morgan fingerprint density at radius 2 is 1.83 bits per heavy atom. The first kappa shape index (κ1) is 19.0. The molecule has 24 heavy (non-hydrogen) atoms. The van der Waals surface area contributed by atoms with Crippen LogP contribution in [0.5, 0.6) is 0 Å². The highest BCUT2D eigenvalue weighted by molar-refractivity contribution is 9.10. The average molecular weight is 412 g/mol. The first-order chi connectivity index (χ1) is 11.3. The molecule has 0 aliphatic heterocycles. The molecule has 5 nitrogen and oxygen atoms in total. The largest absolute Gasteiger partial charge is 0.411 e. The van der Waals surface area contributed by atoms with E-state index in [1.54, 1.807) is 0 Å². The van der Waals surface area contributed by atoms with Crippen LogP contribution in [0, 0.1) is 0 Å². The van der Waals surface area contributed by atoms with Crippen molar-refractivity contribution in [3.05, 3.63) is 28.7 Å². The van der Waals surface area contributed by atoms with Gasteiger partial charge in [0.2, 0.25) is 11.8 Å². The summed E-state index contributed by atoms with van der Waals surface area (Å²) in [5.74, 6) is 0.523. The second-order valence-electron chi connectivity index (χ2n) is 6.08. The summed E-state index contributed by atoms with van der Waals surface area (Å²) in [6.07, 6.45) is 0. The van der Waals surface area contributed by atoms with E-state index in [1.165, 1.54) is 11.8 Å². The fourth-order valence-electron chi connectivity index (χ4n) is 2.51. The molecule has 0 aliphatic carbocycles. The fourth-order valence-corrected chi connectivity index (χ4v) is 3.65. The van der Waals surface area contributed by atoms with Crippen molar-refractivity contribution in [2.75, 3.05) is 0 Å². The summed E-state index contributed by atoms with van der Waals surface area (Å²) in [5, 5.41) is 8.24. The second-order valence-corrected chi connectivity index (χ2v) is 8.28. The number of nitrogens with zero attached hydrogens (tertiary/aromatic N) is 3. The van der Waals surface area contributed by atoms with Gasteiger partial charge in [0.05, 0.1) is 5.25 Å². The lowest BCUT2D eigenvalue weighted by Crippen LogP contribution is -2.45. The van der Waals surface area contributed by atoms with Gasteiger partial charge >= 0.3 is 0 Å². The highest BCUT2D eigenvalue weighted by Gasteiger charge is 2.27. The summed E-state index contributed by atoms with van der Waals surface area (Å²) in [6, 6.07) is 7.96. The van der Waals surface area contributed by atoms with E-state index in [9.17, 15) is 4.79 Å². The third kappa shape index (κ3) is 4.60. The molecule has 1 amide bonds. The third-order valence-corrected chi connectivity index (χ3v) is 4.89. The molecular weight excluding hydrogens is 390 g/mol. The fraction of sp³-hybridized carbons (Fsp3) is 0.471. The Hall–Kier alpha value is -1.34. The van der Waals surface area contributed by atoms with Crippen molar-refractivity contribution in [1.29, 1.82) is 0 Å². The summed E-state index contributed by atoms with van der Waals surface area (Å²) < 4.78 is 6.64. The van der Waals surface area contributed by atoms with Gasteiger partial charge in [0.25, 0.3) is 5.22 Å². The van der Waals surface area contributed by atoms with Gasteiger partial charge in [-0.25, -0.2) is 0 Å². The number of benzene rings is 1. The number of thioether (sulfide) groups is 1. The van der Waals surface area contributed by atoms with Gasteiger partial charge in [0, 0.05) is 22.1 Å². The molecular formula is C17H22BrN3O2S. The van der Waals surface area contributed by atoms with Crippen LogP contribution in [0.1, 0.15) is 34.6 Å². The molecule has 1 heterocycles. The molecule has 0 radical (unpaired) electrons. The van der Waals surface area contributed by atoms with Crippen LogP contribution in [0.2, 0.25) is 0 Å². The number of halogens is 1. The van der Waals surface area contributed by atoms with Crippen molar-refractivity contribution in [3.63, 3.8) is 0 Å². The summed E-state index contributed by atoms with van der Waals surface area (Å²) >= 11 is 4.71. The van der Waals surface area contributed by atoms with E-state index in [0.717, 1.165) is 10.0 Å². The van der Waals surface area contributed by atoms with Crippen molar-refractivity contribution >= 4 is 33.6 Å². The van der Waals surface area contributed by atoms with Crippen LogP contribution >= 0.6 is 27.7 Å². The topological polar surface area (TPSA) is 59.2 Å². The number of amides is 1. The molecule has 7 heteroatoms. The lowest BCUT2D eigenvalue weighted by molar-refractivity contribution is -0.133. The maximum absolute atomic E-state index is 12.7. The van der Waals surface area contributed by atoms with E-state index in [-0.39, 0.29) is 23.2 Å². The standard InChI is InChI=1S/C17H22BrN3O2S/c1-10(2)21(11(3)4)16(22)12(5)24-17-20-19-15(23-17)13-7-6-8-14(18)9-13/h6-12H,1-5H3. The number of carbonyl (C=O) groups is 1. The lowest BCUT2D eigenvalue weighted by Gasteiger charge is -2.32. The smallest absolute Gasteiger partial charge is 0.277 e. The molecule has 2 aromatic rings. The maximum Gasteiger partial charge on any atom is 0.277 e. The molecule has 0 saturated heterocycles. The monoisotopic (exact) mass is 411 g/mol. The van der Waals surface area contributed by atoms with Crippen LogP contribution < -0.4 is 0 Å². The minimum absolute atomic E-state index is 0.0761. The van der Waals surface area contributed by atoms with Crippen molar-refractivity contribution in [1.82, 2.24) is 15.1 Å². The highest BCUT2D eigenvalue weighted by atomic mass is 79.9. The molecule has 1 unspecified atom stereocenters. The Morgan fingerprint density at radius 1 is 1.17 bits per heavy atom. The number of rotatable bonds is 6. The molecule has 0 aliphatic rings. The van der Waals surface area contributed by atoms with Crippen LogP contribution in [-0.4, -0.2) is 38.3 Å². The van der Waals surface area contributed by atoms with E-state index in [1.807, 2.05) is 63.8 Å². The molecule has 2 rings (SSSR count). The second kappa shape index (κ2) is 8.16. The van der Waals surface area contributed by atoms with Gasteiger partial charge in [0.15, 0.2) is 0 Å². The van der Waals surface area contributed by atoms with Gasteiger partial charge in [-0.3, -0.25) is 4.79 Å². The first-order valence-corrected chi connectivity index (χ1v) is 9.55. The average Bonchev–Trinajstić information content (AvgIpc) is 2.95.